The molecule has 4 N–H and O–H groups in total. The Morgan fingerprint density at radius 1 is 1.03 bits per heavy atom. The fourth-order valence-electron chi connectivity index (χ4n) is 4.21. The average Bonchev–Trinajstić information content (AvgIpc) is 3.31. The van der Waals surface area contributed by atoms with Crippen molar-refractivity contribution in [3.05, 3.63) is 65.1 Å². The maximum Gasteiger partial charge on any atom is 0.494 e. The van der Waals surface area contributed by atoms with E-state index in [-0.39, 0.29) is 22.4 Å². The van der Waals surface area contributed by atoms with E-state index in [9.17, 15) is 4.79 Å². The van der Waals surface area contributed by atoms with Crippen molar-refractivity contribution in [3.8, 4) is 11.1 Å². The molecule has 1 fully saturated rings. The van der Waals surface area contributed by atoms with Gasteiger partial charge in [-0.1, -0.05) is 23.7 Å². The highest BCUT2D eigenvalue weighted by Crippen LogP contribution is 2.36. The third-order valence-corrected chi connectivity index (χ3v) is 7.23. The Labute approximate surface area is 224 Å². The number of fused-ring (bicyclic) bond motifs is 1. The number of aromatic nitrogens is 3. The monoisotopic (exact) mass is 536 g/mol. The van der Waals surface area contributed by atoms with Crippen molar-refractivity contribution in [2.45, 2.75) is 45.8 Å². The van der Waals surface area contributed by atoms with Crippen molar-refractivity contribution in [3.63, 3.8) is 0 Å². The van der Waals surface area contributed by atoms with E-state index < -0.39 is 30.2 Å². The van der Waals surface area contributed by atoms with Gasteiger partial charge in [-0.25, -0.2) is 9.18 Å². The lowest BCUT2D eigenvalue weighted by molar-refractivity contribution is 0.00578. The Hall–Kier alpha value is -3.67. The number of aryl methyl sites for hydroxylation is 1. The van der Waals surface area contributed by atoms with E-state index in [4.69, 9.17) is 26.6 Å². The minimum absolute atomic E-state index is 0.0170. The van der Waals surface area contributed by atoms with Gasteiger partial charge in [0.15, 0.2) is 11.5 Å². The molecule has 38 heavy (non-hydrogen) atoms. The predicted molar refractivity (Wildman–Crippen MR) is 147 cm³/mol. The van der Waals surface area contributed by atoms with Crippen LogP contribution in [-0.2, 0) is 9.31 Å². The Balaban J connectivity index is 1.33. The fourth-order valence-corrected chi connectivity index (χ4v) is 4.50. The molecular weight excluding hydrogens is 510 g/mol. The molecule has 0 radical (unpaired) electrons. The van der Waals surface area contributed by atoms with Crippen LogP contribution >= 0.6 is 11.6 Å². The van der Waals surface area contributed by atoms with E-state index in [1.54, 1.807) is 43.3 Å². The van der Waals surface area contributed by atoms with Crippen LogP contribution in [0.1, 0.15) is 33.3 Å². The minimum atomic E-state index is -0.616. The second-order valence-corrected chi connectivity index (χ2v) is 10.7. The highest BCUT2D eigenvalue weighted by atomic mass is 35.5. The summed E-state index contributed by atoms with van der Waals surface area (Å²) in [4.78, 5) is 12.7. The molecule has 1 aliphatic heterocycles. The summed E-state index contributed by atoms with van der Waals surface area (Å²) >= 11 is 6.33. The van der Waals surface area contributed by atoms with Crippen molar-refractivity contribution in [2.75, 3.05) is 16.4 Å². The number of halogens is 2. The number of carbonyl (C=O) groups excluding carboxylic acids is 1. The number of rotatable bonds is 4. The van der Waals surface area contributed by atoms with Gasteiger partial charge in [0.25, 0.3) is 0 Å². The van der Waals surface area contributed by atoms with E-state index >= 15 is 4.39 Å². The highest BCUT2D eigenvalue weighted by Gasteiger charge is 2.51. The third kappa shape index (κ3) is 4.68. The maximum absolute atomic E-state index is 15.5. The van der Waals surface area contributed by atoms with Gasteiger partial charge in [0.05, 0.1) is 16.9 Å². The number of anilines is 3. The summed E-state index contributed by atoms with van der Waals surface area (Å²) in [6.07, 6.45) is 0. The molecule has 0 bridgehead atoms. The zero-order valence-electron chi connectivity index (χ0n) is 21.6. The van der Waals surface area contributed by atoms with Crippen LogP contribution in [0, 0.1) is 12.7 Å². The standard InChI is InChI=1S/C26H27BClFN6O3/c1-14-10-18(15-12-20(28)35-21(13-15)33-34-23(35)30)22(29)19(11-14)32-24(36)31-17-8-6-16(7-9-17)27-37-25(2,3)26(4,5)38-27/h6-13H,1-5H3,(H2,30,34)(H2,31,32,36). The molecule has 0 saturated carbocycles. The zero-order chi connectivity index (χ0) is 27.4. The first-order valence-corrected chi connectivity index (χ1v) is 12.4. The first kappa shape index (κ1) is 26.0. The van der Waals surface area contributed by atoms with Crippen LogP contribution in [0.15, 0.2) is 48.5 Å². The number of amides is 2. The number of hydrogen-bond acceptors (Lipinski definition) is 6. The Bertz CT molecular complexity index is 1540. The summed E-state index contributed by atoms with van der Waals surface area (Å²) in [6, 6.07) is 12.9. The summed E-state index contributed by atoms with van der Waals surface area (Å²) < 4.78 is 29.1. The topological polar surface area (TPSA) is 116 Å². The van der Waals surface area contributed by atoms with Gasteiger partial charge in [-0.15, -0.1) is 10.2 Å². The van der Waals surface area contributed by atoms with Gasteiger partial charge >= 0.3 is 13.1 Å². The number of nitrogens with two attached hydrogens (primary N) is 1. The summed E-state index contributed by atoms with van der Waals surface area (Å²) in [5.74, 6) is -0.487. The van der Waals surface area contributed by atoms with E-state index in [0.717, 1.165) is 11.0 Å². The third-order valence-electron chi connectivity index (χ3n) is 6.96. The SMILES string of the molecule is Cc1cc(NC(=O)Nc2ccc(B3OC(C)(C)C(C)(C)O3)cc2)c(F)c(-c2cc(Cl)n3c(N)nnc3c2)c1. The smallest absolute Gasteiger partial charge is 0.399 e. The number of nitrogens with zero attached hydrogens (tertiary/aromatic N) is 3. The maximum atomic E-state index is 15.5. The van der Waals surface area contributed by atoms with E-state index in [0.29, 0.717) is 16.9 Å². The van der Waals surface area contributed by atoms with E-state index in [1.807, 2.05) is 39.8 Å². The van der Waals surface area contributed by atoms with E-state index in [1.165, 1.54) is 4.40 Å². The van der Waals surface area contributed by atoms with Gasteiger partial charge in [0.1, 0.15) is 5.15 Å². The van der Waals surface area contributed by atoms with Crippen LogP contribution in [0.2, 0.25) is 5.15 Å². The second kappa shape index (κ2) is 9.26. The lowest BCUT2D eigenvalue weighted by Gasteiger charge is -2.32. The Kier molecular flexibility index (Phi) is 6.33. The molecule has 196 valence electrons. The van der Waals surface area contributed by atoms with Crippen LogP contribution in [0.25, 0.3) is 16.8 Å². The minimum Gasteiger partial charge on any atom is -0.399 e. The molecule has 2 aromatic heterocycles. The number of benzene rings is 2. The Morgan fingerprint density at radius 3 is 2.34 bits per heavy atom. The second-order valence-electron chi connectivity index (χ2n) is 10.3. The molecular formula is C26H27BClFN6O3. The molecule has 1 saturated heterocycles. The summed E-state index contributed by atoms with van der Waals surface area (Å²) in [5, 5.41) is 13.3. The number of urea groups is 1. The van der Waals surface area contributed by atoms with Crippen LogP contribution in [0.3, 0.4) is 0 Å². The highest BCUT2D eigenvalue weighted by molar-refractivity contribution is 6.62. The molecule has 3 heterocycles. The largest absolute Gasteiger partial charge is 0.494 e. The molecule has 0 unspecified atom stereocenters. The predicted octanol–water partition coefficient (Wildman–Crippen LogP) is 5.02. The normalized spacial score (nSPS) is 16.1. The molecule has 9 nitrogen and oxygen atoms in total. The zero-order valence-corrected chi connectivity index (χ0v) is 22.4. The molecule has 2 amide bonds. The molecule has 1 aliphatic rings. The number of nitrogen functional groups attached to an aromatic ring is 1. The van der Waals surface area contributed by atoms with Crippen LogP contribution in [0.5, 0.6) is 0 Å². The molecule has 4 aromatic rings. The van der Waals surface area contributed by atoms with Gasteiger partial charge in [-0.2, -0.15) is 0 Å². The Morgan fingerprint density at radius 2 is 1.68 bits per heavy atom. The number of nitrogens with one attached hydrogen (secondary N) is 2. The van der Waals surface area contributed by atoms with E-state index in [2.05, 4.69) is 20.8 Å². The van der Waals surface area contributed by atoms with Crippen molar-refractivity contribution >= 4 is 53.2 Å². The first-order chi connectivity index (χ1) is 17.8. The van der Waals surface area contributed by atoms with Gasteiger partial charge < -0.3 is 25.7 Å². The van der Waals surface area contributed by atoms with Crippen molar-refractivity contribution in [1.82, 2.24) is 14.6 Å². The lowest BCUT2D eigenvalue weighted by Crippen LogP contribution is -2.41. The molecule has 12 heteroatoms. The van der Waals surface area contributed by atoms with Crippen LogP contribution in [0.4, 0.5) is 26.5 Å². The molecule has 0 aliphatic carbocycles. The summed E-state index contributed by atoms with van der Waals surface area (Å²) in [7, 11) is -0.510. The molecule has 5 rings (SSSR count). The van der Waals surface area contributed by atoms with Crippen LogP contribution < -0.4 is 21.8 Å². The summed E-state index contributed by atoms with van der Waals surface area (Å²) in [5.41, 5.74) is 8.08. The van der Waals surface area contributed by atoms with Crippen molar-refractivity contribution in [2.24, 2.45) is 0 Å². The van der Waals surface area contributed by atoms with Gasteiger partial charge in [-0.05, 0) is 87.6 Å². The van der Waals surface area contributed by atoms with Crippen molar-refractivity contribution < 1.29 is 18.5 Å². The molecule has 0 atom stereocenters. The van der Waals surface area contributed by atoms with Gasteiger partial charge in [0.2, 0.25) is 5.95 Å². The van der Waals surface area contributed by atoms with Gasteiger partial charge in [-0.3, -0.25) is 4.40 Å². The first-order valence-electron chi connectivity index (χ1n) is 12.0. The molecule has 0 spiro atoms. The van der Waals surface area contributed by atoms with Gasteiger partial charge in [0, 0.05) is 11.3 Å². The molecule has 2 aromatic carbocycles. The van der Waals surface area contributed by atoms with Crippen LogP contribution in [-0.4, -0.2) is 38.9 Å². The average molecular weight is 537 g/mol. The lowest BCUT2D eigenvalue weighted by atomic mass is 9.79. The number of hydrogen-bond donors (Lipinski definition) is 3. The number of carbonyl (C=O) groups is 1. The summed E-state index contributed by atoms with van der Waals surface area (Å²) in [6.45, 7) is 9.75. The van der Waals surface area contributed by atoms with Crippen molar-refractivity contribution in [1.29, 1.82) is 0 Å². The quantitative estimate of drug-likeness (QED) is 0.249. The fraction of sp³-hybridized carbons (Fsp3) is 0.269. The number of pyridine rings is 1.